The topological polar surface area (TPSA) is 119 Å². The van der Waals surface area contributed by atoms with Crippen LogP contribution in [0.25, 0.3) is 10.9 Å². The van der Waals surface area contributed by atoms with Gasteiger partial charge in [0, 0.05) is 23.5 Å². The van der Waals surface area contributed by atoms with Crippen LogP contribution in [0, 0.1) is 0 Å². The van der Waals surface area contributed by atoms with Gasteiger partial charge in [0.05, 0.1) is 5.56 Å². The van der Waals surface area contributed by atoms with Gasteiger partial charge in [0.2, 0.25) is 0 Å². The van der Waals surface area contributed by atoms with E-state index >= 15 is 0 Å². The Balaban J connectivity index is 2.15. The van der Waals surface area contributed by atoms with Crippen molar-refractivity contribution in [1.82, 2.24) is 10.3 Å². The quantitative estimate of drug-likeness (QED) is 0.637. The Morgan fingerprint density at radius 2 is 1.90 bits per heavy atom. The summed E-state index contributed by atoms with van der Waals surface area (Å²) < 4.78 is 0. The number of rotatable bonds is 6. The molecular weight excluding hydrogens is 276 g/mol. The molecule has 0 saturated carbocycles. The van der Waals surface area contributed by atoms with Crippen LogP contribution in [0.15, 0.2) is 30.5 Å². The van der Waals surface area contributed by atoms with Crippen molar-refractivity contribution in [2.45, 2.75) is 18.9 Å². The number of hydrogen-bond acceptors (Lipinski definition) is 3. The molecule has 0 unspecified atom stereocenters. The zero-order valence-electron chi connectivity index (χ0n) is 11.0. The molecule has 7 nitrogen and oxygen atoms in total. The van der Waals surface area contributed by atoms with Crippen molar-refractivity contribution in [3.63, 3.8) is 0 Å². The summed E-state index contributed by atoms with van der Waals surface area (Å²) in [5.74, 6) is -2.92. The highest BCUT2D eigenvalue weighted by molar-refractivity contribution is 6.07. The Hall–Kier alpha value is -2.83. The number of para-hydroxylation sites is 1. The first kappa shape index (κ1) is 14.6. The molecule has 0 spiro atoms. The van der Waals surface area contributed by atoms with Crippen LogP contribution < -0.4 is 5.32 Å². The number of nitrogens with one attached hydrogen (secondary N) is 2. The van der Waals surface area contributed by atoms with Crippen LogP contribution in [0.2, 0.25) is 0 Å². The summed E-state index contributed by atoms with van der Waals surface area (Å²) in [7, 11) is 0. The SMILES string of the molecule is O=C(O)CC[C@H](NC(=O)c1c[nH]c2ccccc12)C(=O)O. The van der Waals surface area contributed by atoms with Crippen LogP contribution >= 0.6 is 0 Å². The summed E-state index contributed by atoms with van der Waals surface area (Å²) >= 11 is 0. The first-order valence-electron chi connectivity index (χ1n) is 6.30. The predicted octanol–water partition coefficient (Wildman–Crippen LogP) is 1.22. The molecule has 1 atom stereocenters. The molecule has 7 heteroatoms. The molecule has 1 amide bonds. The van der Waals surface area contributed by atoms with E-state index in [1.807, 2.05) is 6.07 Å². The van der Waals surface area contributed by atoms with Gasteiger partial charge in [-0.05, 0) is 12.5 Å². The first-order chi connectivity index (χ1) is 9.99. The van der Waals surface area contributed by atoms with Crippen molar-refractivity contribution in [2.24, 2.45) is 0 Å². The minimum atomic E-state index is -1.26. The largest absolute Gasteiger partial charge is 0.481 e. The number of H-pyrrole nitrogens is 1. The molecule has 1 aromatic heterocycles. The third kappa shape index (κ3) is 3.38. The standard InChI is InChI=1S/C14H14N2O5/c17-12(18)6-5-11(14(20)21)16-13(19)9-7-15-10-4-2-1-3-8(9)10/h1-4,7,11,15H,5-6H2,(H,16,19)(H,17,18)(H,20,21)/t11-/m0/s1. The molecule has 0 aliphatic rings. The summed E-state index contributed by atoms with van der Waals surface area (Å²) in [4.78, 5) is 36.6. The summed E-state index contributed by atoms with van der Waals surface area (Å²) in [6.07, 6.45) is 1.000. The lowest BCUT2D eigenvalue weighted by atomic mass is 10.1. The van der Waals surface area contributed by atoms with Gasteiger partial charge in [0.25, 0.3) is 5.91 Å². The van der Waals surface area contributed by atoms with Gasteiger partial charge in [-0.3, -0.25) is 9.59 Å². The van der Waals surface area contributed by atoms with Gasteiger partial charge in [-0.2, -0.15) is 0 Å². The van der Waals surface area contributed by atoms with Crippen molar-refractivity contribution < 1.29 is 24.6 Å². The van der Waals surface area contributed by atoms with Crippen molar-refractivity contribution in [2.75, 3.05) is 0 Å². The second-order valence-corrected chi connectivity index (χ2v) is 4.54. The van der Waals surface area contributed by atoms with E-state index < -0.39 is 23.9 Å². The highest BCUT2D eigenvalue weighted by atomic mass is 16.4. The average Bonchev–Trinajstić information content (AvgIpc) is 2.86. The third-order valence-corrected chi connectivity index (χ3v) is 3.08. The number of fused-ring (bicyclic) bond motifs is 1. The number of carboxylic acid groups (broad SMARTS) is 2. The van der Waals surface area contributed by atoms with Crippen LogP contribution in [0.1, 0.15) is 23.2 Å². The number of amides is 1. The maximum Gasteiger partial charge on any atom is 0.326 e. The van der Waals surface area contributed by atoms with Crippen molar-refractivity contribution in [1.29, 1.82) is 0 Å². The molecule has 0 saturated heterocycles. The van der Waals surface area contributed by atoms with Crippen molar-refractivity contribution in [3.8, 4) is 0 Å². The van der Waals surface area contributed by atoms with Crippen LogP contribution in [0.3, 0.4) is 0 Å². The van der Waals surface area contributed by atoms with Gasteiger partial charge in [-0.1, -0.05) is 18.2 Å². The normalized spacial score (nSPS) is 12.0. The zero-order chi connectivity index (χ0) is 15.4. The summed E-state index contributed by atoms with van der Waals surface area (Å²) in [5.41, 5.74) is 1.09. The first-order valence-corrected chi connectivity index (χ1v) is 6.30. The molecule has 0 aliphatic heterocycles. The Bertz CT molecular complexity index is 691. The zero-order valence-corrected chi connectivity index (χ0v) is 11.0. The second kappa shape index (κ2) is 6.08. The molecular formula is C14H14N2O5. The molecule has 0 radical (unpaired) electrons. The summed E-state index contributed by atoms with van der Waals surface area (Å²) in [5, 5.41) is 20.6. The second-order valence-electron chi connectivity index (χ2n) is 4.54. The number of carboxylic acids is 2. The molecule has 2 rings (SSSR count). The molecule has 2 aromatic rings. The third-order valence-electron chi connectivity index (χ3n) is 3.08. The Morgan fingerprint density at radius 3 is 2.57 bits per heavy atom. The fourth-order valence-electron chi connectivity index (χ4n) is 2.02. The fourth-order valence-corrected chi connectivity index (χ4v) is 2.02. The molecule has 110 valence electrons. The van der Waals surface area contributed by atoms with E-state index in [1.54, 1.807) is 18.2 Å². The number of aliphatic carboxylic acids is 2. The van der Waals surface area contributed by atoms with E-state index in [0.717, 1.165) is 5.52 Å². The van der Waals surface area contributed by atoms with E-state index in [9.17, 15) is 14.4 Å². The van der Waals surface area contributed by atoms with Crippen LogP contribution in [-0.4, -0.2) is 39.1 Å². The highest BCUT2D eigenvalue weighted by Crippen LogP contribution is 2.17. The van der Waals surface area contributed by atoms with Crippen LogP contribution in [0.4, 0.5) is 0 Å². The van der Waals surface area contributed by atoms with E-state index in [0.29, 0.717) is 10.9 Å². The van der Waals surface area contributed by atoms with Crippen LogP contribution in [0.5, 0.6) is 0 Å². The Morgan fingerprint density at radius 1 is 1.19 bits per heavy atom. The molecule has 1 heterocycles. The predicted molar refractivity (Wildman–Crippen MR) is 74.1 cm³/mol. The maximum atomic E-state index is 12.1. The molecule has 21 heavy (non-hydrogen) atoms. The fraction of sp³-hybridized carbons (Fsp3) is 0.214. The molecule has 0 aliphatic carbocycles. The maximum absolute atomic E-state index is 12.1. The Kier molecular flexibility index (Phi) is 4.22. The molecule has 4 N–H and O–H groups in total. The van der Waals surface area contributed by atoms with Gasteiger partial charge in [0.15, 0.2) is 0 Å². The molecule has 1 aromatic carbocycles. The summed E-state index contributed by atoms with van der Waals surface area (Å²) in [6, 6.07) is 5.89. The minimum absolute atomic E-state index is 0.168. The van der Waals surface area contributed by atoms with E-state index in [1.165, 1.54) is 6.20 Å². The average molecular weight is 290 g/mol. The number of benzene rings is 1. The molecule has 0 bridgehead atoms. The van der Waals surface area contributed by atoms with E-state index in [4.69, 9.17) is 10.2 Å². The van der Waals surface area contributed by atoms with E-state index in [2.05, 4.69) is 10.3 Å². The number of aromatic nitrogens is 1. The summed E-state index contributed by atoms with van der Waals surface area (Å²) in [6.45, 7) is 0. The van der Waals surface area contributed by atoms with Gasteiger partial charge < -0.3 is 20.5 Å². The lowest BCUT2D eigenvalue weighted by molar-refractivity contribution is -0.140. The smallest absolute Gasteiger partial charge is 0.326 e. The number of carbonyl (C=O) groups is 3. The van der Waals surface area contributed by atoms with Gasteiger partial charge in [-0.15, -0.1) is 0 Å². The molecule has 0 fully saturated rings. The highest BCUT2D eigenvalue weighted by Gasteiger charge is 2.22. The number of aromatic amines is 1. The number of hydrogen-bond donors (Lipinski definition) is 4. The monoisotopic (exact) mass is 290 g/mol. The number of carbonyl (C=O) groups excluding carboxylic acids is 1. The van der Waals surface area contributed by atoms with Gasteiger partial charge in [0.1, 0.15) is 6.04 Å². The van der Waals surface area contributed by atoms with Crippen LogP contribution in [-0.2, 0) is 9.59 Å². The van der Waals surface area contributed by atoms with Gasteiger partial charge >= 0.3 is 11.9 Å². The lowest BCUT2D eigenvalue weighted by Gasteiger charge is -2.13. The lowest BCUT2D eigenvalue weighted by Crippen LogP contribution is -2.41. The van der Waals surface area contributed by atoms with E-state index in [-0.39, 0.29) is 12.8 Å². The van der Waals surface area contributed by atoms with Crippen molar-refractivity contribution in [3.05, 3.63) is 36.0 Å². The minimum Gasteiger partial charge on any atom is -0.481 e. The van der Waals surface area contributed by atoms with Crippen molar-refractivity contribution >= 4 is 28.7 Å². The van der Waals surface area contributed by atoms with Gasteiger partial charge in [-0.25, -0.2) is 4.79 Å². The Labute approximate surface area is 119 Å².